The van der Waals surface area contributed by atoms with Crippen molar-refractivity contribution >= 4 is 23.5 Å². The van der Waals surface area contributed by atoms with Crippen LogP contribution in [-0.4, -0.2) is 60.2 Å². The molecular formula is C16H23N5O5. The van der Waals surface area contributed by atoms with Crippen LogP contribution in [0.25, 0.3) is 0 Å². The maximum absolute atomic E-state index is 12.4. The molecule has 0 saturated carbocycles. The Kier molecular flexibility index (Phi) is 6.61. The maximum atomic E-state index is 12.4. The van der Waals surface area contributed by atoms with Crippen LogP contribution in [-0.2, 0) is 9.59 Å². The van der Waals surface area contributed by atoms with Crippen molar-refractivity contribution in [1.82, 2.24) is 15.6 Å². The summed E-state index contributed by atoms with van der Waals surface area (Å²) in [6.45, 7) is -0.242. The first kappa shape index (κ1) is 19.3. The number of aliphatic hydroxyl groups is 1. The Bertz CT molecular complexity index is 651. The third kappa shape index (κ3) is 4.76. The van der Waals surface area contributed by atoms with E-state index < -0.39 is 30.6 Å². The minimum Gasteiger partial charge on any atom is -0.497 e. The number of nitrogens with two attached hydrogens (primary N) is 1. The number of hydrazine groups is 1. The Hall–Kier alpha value is -3.01. The van der Waals surface area contributed by atoms with Gasteiger partial charge in [-0.2, -0.15) is 0 Å². The smallest absolute Gasteiger partial charge is 0.318 e. The van der Waals surface area contributed by atoms with Gasteiger partial charge in [0.1, 0.15) is 17.8 Å². The van der Waals surface area contributed by atoms with Crippen molar-refractivity contribution < 1.29 is 24.2 Å². The molecule has 0 aliphatic carbocycles. The molecule has 1 fully saturated rings. The van der Waals surface area contributed by atoms with E-state index in [1.807, 2.05) is 0 Å². The fourth-order valence-corrected chi connectivity index (χ4v) is 2.61. The number of hydrogen-bond donors (Lipinski definition) is 5. The summed E-state index contributed by atoms with van der Waals surface area (Å²) in [5, 5.41) is 11.4. The van der Waals surface area contributed by atoms with Crippen molar-refractivity contribution in [3.05, 3.63) is 24.3 Å². The molecule has 10 heteroatoms. The van der Waals surface area contributed by atoms with E-state index >= 15 is 0 Å². The number of nitrogens with one attached hydrogen (secondary N) is 3. The zero-order valence-electron chi connectivity index (χ0n) is 14.4. The third-order valence-electron chi connectivity index (χ3n) is 4.06. The van der Waals surface area contributed by atoms with Crippen LogP contribution in [0.4, 0.5) is 10.5 Å². The molecule has 1 aliphatic heterocycles. The van der Waals surface area contributed by atoms with Crippen LogP contribution in [0.5, 0.6) is 5.75 Å². The number of carbonyl (C=O) groups excluding carboxylic acids is 3. The summed E-state index contributed by atoms with van der Waals surface area (Å²) in [5.74, 6) is -0.538. The van der Waals surface area contributed by atoms with E-state index in [4.69, 9.17) is 15.6 Å². The highest BCUT2D eigenvalue weighted by molar-refractivity contribution is 5.90. The molecule has 0 spiro atoms. The van der Waals surface area contributed by atoms with Gasteiger partial charge in [-0.25, -0.2) is 4.79 Å². The molecule has 2 rings (SSSR count). The van der Waals surface area contributed by atoms with Crippen LogP contribution < -0.4 is 26.6 Å². The number of hydrogen-bond acceptors (Lipinski definition) is 6. The van der Waals surface area contributed by atoms with Gasteiger partial charge < -0.3 is 25.8 Å². The molecule has 4 amide bonds. The average Bonchev–Trinajstić information content (AvgIpc) is 3.14. The Morgan fingerprint density at radius 2 is 2.04 bits per heavy atom. The van der Waals surface area contributed by atoms with Crippen LogP contribution in [0, 0.1) is 0 Å². The minimum atomic E-state index is -1.19. The molecule has 1 aromatic carbocycles. The molecule has 0 radical (unpaired) electrons. The molecule has 1 saturated heterocycles. The molecule has 1 aromatic rings. The van der Waals surface area contributed by atoms with Crippen LogP contribution in [0.2, 0.25) is 0 Å². The molecule has 1 heterocycles. The van der Waals surface area contributed by atoms with Gasteiger partial charge in [-0.3, -0.25) is 20.4 Å². The molecular weight excluding hydrogens is 342 g/mol. The highest BCUT2D eigenvalue weighted by Crippen LogP contribution is 2.18. The van der Waals surface area contributed by atoms with E-state index in [1.54, 1.807) is 31.4 Å². The predicted molar refractivity (Wildman–Crippen MR) is 93.1 cm³/mol. The van der Waals surface area contributed by atoms with Gasteiger partial charge >= 0.3 is 6.03 Å². The van der Waals surface area contributed by atoms with Crippen molar-refractivity contribution in [2.45, 2.75) is 24.9 Å². The van der Waals surface area contributed by atoms with E-state index in [2.05, 4.69) is 16.2 Å². The Morgan fingerprint density at radius 3 is 2.62 bits per heavy atom. The van der Waals surface area contributed by atoms with Crippen LogP contribution in [0.1, 0.15) is 12.8 Å². The standard InChI is InChI=1S/C16H23N5O5/c1-26-11-6-4-10(5-7-11)19-20-15(24)13-3-2-8-21(13)16(25)18-12(9-22)14(17)23/h4-7,12-13,19,22H,2-3,8-9H2,1H3,(H2,17,23)(H,18,25)(H,20,24). The SMILES string of the molecule is COc1ccc(NNC(=O)C2CCCN2C(=O)NC(CO)C(N)=O)cc1. The Labute approximate surface area is 150 Å². The van der Waals surface area contributed by atoms with Gasteiger partial charge in [0, 0.05) is 6.54 Å². The van der Waals surface area contributed by atoms with Crippen molar-refractivity contribution in [2.24, 2.45) is 5.73 Å². The minimum absolute atomic E-state index is 0.364. The van der Waals surface area contributed by atoms with E-state index in [0.29, 0.717) is 30.8 Å². The summed E-state index contributed by atoms with van der Waals surface area (Å²) >= 11 is 0. The number of aliphatic hydroxyl groups excluding tert-OH is 1. The fourth-order valence-electron chi connectivity index (χ4n) is 2.61. The first-order valence-corrected chi connectivity index (χ1v) is 8.13. The number of carbonyl (C=O) groups is 3. The molecule has 1 aliphatic rings. The molecule has 0 bridgehead atoms. The number of benzene rings is 1. The van der Waals surface area contributed by atoms with E-state index in [1.165, 1.54) is 4.90 Å². The number of primary amides is 1. The summed E-state index contributed by atoms with van der Waals surface area (Å²) in [4.78, 5) is 37.1. The predicted octanol–water partition coefficient (Wildman–Crippen LogP) is -0.841. The molecule has 6 N–H and O–H groups in total. The monoisotopic (exact) mass is 365 g/mol. The number of ether oxygens (including phenoxy) is 1. The second-order valence-corrected chi connectivity index (χ2v) is 5.78. The molecule has 2 atom stereocenters. The van der Waals surface area contributed by atoms with Crippen molar-refractivity contribution in [2.75, 3.05) is 25.7 Å². The van der Waals surface area contributed by atoms with Gasteiger partial charge in [0.15, 0.2) is 0 Å². The van der Waals surface area contributed by atoms with E-state index in [0.717, 1.165) is 0 Å². The number of methoxy groups -OCH3 is 1. The highest BCUT2D eigenvalue weighted by Gasteiger charge is 2.35. The summed E-state index contributed by atoms with van der Waals surface area (Å²) in [6.07, 6.45) is 1.14. The van der Waals surface area contributed by atoms with Gasteiger partial charge in [0.25, 0.3) is 5.91 Å². The van der Waals surface area contributed by atoms with Gasteiger partial charge in [-0.15, -0.1) is 0 Å². The lowest BCUT2D eigenvalue weighted by atomic mass is 10.2. The van der Waals surface area contributed by atoms with Crippen LogP contribution in [0.3, 0.4) is 0 Å². The zero-order valence-corrected chi connectivity index (χ0v) is 14.4. The van der Waals surface area contributed by atoms with E-state index in [9.17, 15) is 14.4 Å². The number of urea groups is 1. The number of likely N-dealkylation sites (tertiary alicyclic amines) is 1. The van der Waals surface area contributed by atoms with Crippen LogP contribution in [0.15, 0.2) is 24.3 Å². The quantitative estimate of drug-likeness (QED) is 0.398. The van der Waals surface area contributed by atoms with E-state index in [-0.39, 0.29) is 5.91 Å². The van der Waals surface area contributed by atoms with Gasteiger partial charge in [-0.05, 0) is 37.1 Å². The molecule has 26 heavy (non-hydrogen) atoms. The Morgan fingerprint density at radius 1 is 1.35 bits per heavy atom. The summed E-state index contributed by atoms with van der Waals surface area (Å²) < 4.78 is 5.06. The molecule has 10 nitrogen and oxygen atoms in total. The average molecular weight is 365 g/mol. The van der Waals surface area contributed by atoms with Gasteiger partial charge in [0.2, 0.25) is 5.91 Å². The fraction of sp³-hybridized carbons (Fsp3) is 0.438. The molecule has 2 unspecified atom stereocenters. The Balaban J connectivity index is 1.92. The summed E-state index contributed by atoms with van der Waals surface area (Å²) in [5.41, 5.74) is 11.1. The van der Waals surface area contributed by atoms with Gasteiger partial charge in [0.05, 0.1) is 19.4 Å². The first-order valence-electron chi connectivity index (χ1n) is 8.13. The topological polar surface area (TPSA) is 146 Å². The molecule has 142 valence electrons. The van der Waals surface area contributed by atoms with Crippen molar-refractivity contribution in [3.8, 4) is 5.75 Å². The third-order valence-corrected chi connectivity index (χ3v) is 4.06. The number of rotatable bonds is 7. The van der Waals surface area contributed by atoms with Crippen molar-refractivity contribution in [3.63, 3.8) is 0 Å². The lowest BCUT2D eigenvalue weighted by molar-refractivity contribution is -0.124. The highest BCUT2D eigenvalue weighted by atomic mass is 16.5. The lowest BCUT2D eigenvalue weighted by Crippen LogP contribution is -2.55. The number of amides is 4. The summed E-state index contributed by atoms with van der Waals surface area (Å²) in [7, 11) is 1.56. The first-order chi connectivity index (χ1) is 12.5. The molecule has 0 aromatic heterocycles. The number of anilines is 1. The van der Waals surface area contributed by atoms with Crippen LogP contribution >= 0.6 is 0 Å². The number of nitrogens with zero attached hydrogens (tertiary/aromatic N) is 1. The maximum Gasteiger partial charge on any atom is 0.318 e. The second-order valence-electron chi connectivity index (χ2n) is 5.78. The second kappa shape index (κ2) is 8.90. The summed E-state index contributed by atoms with van der Waals surface area (Å²) in [6, 6.07) is 4.45. The largest absolute Gasteiger partial charge is 0.497 e. The normalized spacial score (nSPS) is 17.3. The zero-order chi connectivity index (χ0) is 19.1. The lowest BCUT2D eigenvalue weighted by Gasteiger charge is -2.26. The van der Waals surface area contributed by atoms with Crippen molar-refractivity contribution in [1.29, 1.82) is 0 Å². The van der Waals surface area contributed by atoms with Gasteiger partial charge in [-0.1, -0.05) is 0 Å².